The fraction of sp³-hybridized carbons (Fsp3) is 0.167. The Kier molecular flexibility index (Phi) is 3.80. The number of rotatable bonds is 5. The number of fused-ring (bicyclic) bond motifs is 2. The molecule has 2 aromatic carbocycles. The van der Waals surface area contributed by atoms with Crippen molar-refractivity contribution in [3.63, 3.8) is 0 Å². The number of aromatic nitrogens is 4. The Balaban J connectivity index is 1.43. The number of hydrogen-bond acceptors (Lipinski definition) is 5. The molecule has 0 unspecified atom stereocenters. The van der Waals surface area contributed by atoms with E-state index in [4.69, 9.17) is 10.5 Å². The minimum atomic E-state index is 0.399. The van der Waals surface area contributed by atoms with Crippen molar-refractivity contribution in [3.8, 4) is 0 Å². The molecule has 0 saturated carbocycles. The lowest BCUT2D eigenvalue weighted by atomic mass is 10.1. The molecular weight excluding hydrogens is 302 g/mol. The molecule has 4 aromatic rings. The topological polar surface area (TPSA) is 78.9 Å². The van der Waals surface area contributed by atoms with Crippen LogP contribution in [0, 0.1) is 0 Å². The first kappa shape index (κ1) is 14.6. The number of imidazole rings is 1. The molecule has 0 radical (unpaired) electrons. The third kappa shape index (κ3) is 2.68. The van der Waals surface area contributed by atoms with Gasteiger partial charge in [0.2, 0.25) is 0 Å². The number of nitrogen functional groups attached to an aromatic ring is 1. The molecule has 0 amide bonds. The van der Waals surface area contributed by atoms with E-state index in [0.29, 0.717) is 31.1 Å². The molecule has 24 heavy (non-hydrogen) atoms. The van der Waals surface area contributed by atoms with Crippen molar-refractivity contribution in [3.05, 3.63) is 60.7 Å². The summed E-state index contributed by atoms with van der Waals surface area (Å²) in [5.41, 5.74) is 8.35. The van der Waals surface area contributed by atoms with E-state index in [0.717, 1.165) is 5.65 Å². The molecule has 120 valence electrons. The van der Waals surface area contributed by atoms with Crippen LogP contribution in [0.4, 0.5) is 5.82 Å². The highest BCUT2D eigenvalue weighted by Gasteiger charge is 2.07. The highest BCUT2D eigenvalue weighted by Crippen LogP contribution is 2.19. The number of nitrogens with two attached hydrogens (primary N) is 1. The van der Waals surface area contributed by atoms with Crippen molar-refractivity contribution in [2.24, 2.45) is 0 Å². The fourth-order valence-corrected chi connectivity index (χ4v) is 2.83. The van der Waals surface area contributed by atoms with Crippen molar-refractivity contribution in [2.75, 3.05) is 12.3 Å². The Bertz CT molecular complexity index is 990. The highest BCUT2D eigenvalue weighted by atomic mass is 16.5. The standard InChI is InChI=1S/C18H17N5O/c19-17-16-18(21-11-20-17)23(12-22-16)8-9-24-10-14-6-3-5-13-4-1-2-7-15(13)14/h1-7,11-12H,8-10H2,(H2,19,20,21). The van der Waals surface area contributed by atoms with Gasteiger partial charge in [-0.05, 0) is 16.3 Å². The first-order valence-electron chi connectivity index (χ1n) is 7.78. The summed E-state index contributed by atoms with van der Waals surface area (Å²) in [5.74, 6) is 0.399. The van der Waals surface area contributed by atoms with Gasteiger partial charge in [-0.25, -0.2) is 15.0 Å². The second kappa shape index (κ2) is 6.25. The average molecular weight is 319 g/mol. The summed E-state index contributed by atoms with van der Waals surface area (Å²) in [6.07, 6.45) is 3.17. The Labute approximate surface area is 138 Å². The van der Waals surface area contributed by atoms with Gasteiger partial charge in [0.1, 0.15) is 11.8 Å². The number of benzene rings is 2. The van der Waals surface area contributed by atoms with Crippen LogP contribution in [0.15, 0.2) is 55.1 Å². The van der Waals surface area contributed by atoms with E-state index in [2.05, 4.69) is 45.3 Å². The SMILES string of the molecule is Nc1ncnc2c1ncn2CCOCc1cccc2ccccc12. The maximum absolute atomic E-state index is 5.86. The Morgan fingerprint density at radius 3 is 2.83 bits per heavy atom. The molecule has 0 bridgehead atoms. The van der Waals surface area contributed by atoms with Crippen molar-refractivity contribution in [2.45, 2.75) is 13.2 Å². The fourth-order valence-electron chi connectivity index (χ4n) is 2.83. The Hall–Kier alpha value is -2.99. The van der Waals surface area contributed by atoms with Gasteiger partial charge in [-0.15, -0.1) is 0 Å². The number of anilines is 1. The molecule has 0 aliphatic carbocycles. The van der Waals surface area contributed by atoms with Crippen LogP contribution in [-0.4, -0.2) is 26.1 Å². The first-order chi connectivity index (χ1) is 11.8. The lowest BCUT2D eigenvalue weighted by Crippen LogP contribution is -2.06. The predicted molar refractivity (Wildman–Crippen MR) is 93.3 cm³/mol. The number of hydrogen-bond donors (Lipinski definition) is 1. The summed E-state index contributed by atoms with van der Waals surface area (Å²) in [5, 5.41) is 2.46. The maximum Gasteiger partial charge on any atom is 0.165 e. The lowest BCUT2D eigenvalue weighted by molar-refractivity contribution is 0.114. The first-order valence-corrected chi connectivity index (χ1v) is 7.78. The zero-order valence-corrected chi connectivity index (χ0v) is 13.1. The Morgan fingerprint density at radius 2 is 1.88 bits per heavy atom. The van der Waals surface area contributed by atoms with Gasteiger partial charge < -0.3 is 15.0 Å². The monoisotopic (exact) mass is 319 g/mol. The van der Waals surface area contributed by atoms with Crippen LogP contribution in [0.1, 0.15) is 5.56 Å². The van der Waals surface area contributed by atoms with Gasteiger partial charge >= 0.3 is 0 Å². The largest absolute Gasteiger partial charge is 0.382 e. The third-order valence-corrected chi connectivity index (χ3v) is 4.04. The van der Waals surface area contributed by atoms with E-state index in [9.17, 15) is 0 Å². The van der Waals surface area contributed by atoms with Crippen LogP contribution >= 0.6 is 0 Å². The van der Waals surface area contributed by atoms with Crippen LogP contribution in [0.3, 0.4) is 0 Å². The van der Waals surface area contributed by atoms with Gasteiger partial charge in [-0.2, -0.15) is 0 Å². The molecule has 0 atom stereocenters. The molecule has 0 saturated heterocycles. The van der Waals surface area contributed by atoms with Gasteiger partial charge in [0.25, 0.3) is 0 Å². The van der Waals surface area contributed by atoms with Crippen LogP contribution < -0.4 is 5.73 Å². The average Bonchev–Trinajstić information content (AvgIpc) is 3.03. The lowest BCUT2D eigenvalue weighted by Gasteiger charge is -2.08. The zero-order valence-electron chi connectivity index (χ0n) is 13.1. The van der Waals surface area contributed by atoms with E-state index in [-0.39, 0.29) is 0 Å². The minimum absolute atomic E-state index is 0.399. The second-order valence-corrected chi connectivity index (χ2v) is 5.56. The van der Waals surface area contributed by atoms with Crippen LogP contribution in [-0.2, 0) is 17.9 Å². The summed E-state index contributed by atoms with van der Waals surface area (Å²) in [6, 6.07) is 14.6. The molecule has 6 nitrogen and oxygen atoms in total. The van der Waals surface area contributed by atoms with Crippen molar-refractivity contribution >= 4 is 27.8 Å². The number of nitrogens with zero attached hydrogens (tertiary/aromatic N) is 4. The molecule has 0 aliphatic heterocycles. The molecular formula is C18H17N5O. The minimum Gasteiger partial charge on any atom is -0.382 e. The second-order valence-electron chi connectivity index (χ2n) is 5.56. The van der Waals surface area contributed by atoms with Crippen molar-refractivity contribution in [1.82, 2.24) is 19.5 Å². The summed E-state index contributed by atoms with van der Waals surface area (Å²) in [6.45, 7) is 1.81. The predicted octanol–water partition coefficient (Wildman–Crippen LogP) is 2.78. The summed E-state index contributed by atoms with van der Waals surface area (Å²) in [4.78, 5) is 12.4. The van der Waals surface area contributed by atoms with Crippen molar-refractivity contribution in [1.29, 1.82) is 0 Å². The summed E-state index contributed by atoms with van der Waals surface area (Å²) < 4.78 is 7.78. The van der Waals surface area contributed by atoms with Gasteiger partial charge in [0, 0.05) is 6.54 Å². The summed E-state index contributed by atoms with van der Waals surface area (Å²) >= 11 is 0. The van der Waals surface area contributed by atoms with Gasteiger partial charge in [0.15, 0.2) is 11.5 Å². The summed E-state index contributed by atoms with van der Waals surface area (Å²) in [7, 11) is 0. The molecule has 2 aromatic heterocycles. The third-order valence-electron chi connectivity index (χ3n) is 4.04. The van der Waals surface area contributed by atoms with Crippen LogP contribution in [0.5, 0.6) is 0 Å². The molecule has 0 spiro atoms. The van der Waals surface area contributed by atoms with Crippen LogP contribution in [0.25, 0.3) is 21.9 Å². The molecule has 0 fully saturated rings. The number of ether oxygens (including phenoxy) is 1. The molecule has 6 heteroatoms. The van der Waals surface area contributed by atoms with Crippen LogP contribution in [0.2, 0.25) is 0 Å². The molecule has 2 heterocycles. The normalized spacial score (nSPS) is 11.3. The van der Waals surface area contributed by atoms with E-state index in [1.54, 1.807) is 6.33 Å². The van der Waals surface area contributed by atoms with Gasteiger partial charge in [-0.1, -0.05) is 42.5 Å². The quantitative estimate of drug-likeness (QED) is 0.572. The van der Waals surface area contributed by atoms with E-state index in [1.807, 2.05) is 16.7 Å². The Morgan fingerprint density at radius 1 is 1.00 bits per heavy atom. The molecule has 4 rings (SSSR count). The van der Waals surface area contributed by atoms with E-state index >= 15 is 0 Å². The van der Waals surface area contributed by atoms with Crippen molar-refractivity contribution < 1.29 is 4.74 Å². The van der Waals surface area contributed by atoms with E-state index in [1.165, 1.54) is 22.7 Å². The highest BCUT2D eigenvalue weighted by molar-refractivity contribution is 5.85. The maximum atomic E-state index is 5.86. The van der Waals surface area contributed by atoms with Gasteiger partial charge in [0.05, 0.1) is 19.5 Å². The molecule has 0 aliphatic rings. The smallest absolute Gasteiger partial charge is 0.165 e. The zero-order chi connectivity index (χ0) is 16.4. The van der Waals surface area contributed by atoms with E-state index < -0.39 is 0 Å². The van der Waals surface area contributed by atoms with Gasteiger partial charge in [-0.3, -0.25) is 0 Å². The molecule has 2 N–H and O–H groups in total.